The molecule has 4 rings (SSSR count). The minimum Gasteiger partial charge on any atom is -0.414 e. The summed E-state index contributed by atoms with van der Waals surface area (Å²) in [7, 11) is -2.15. The molecule has 1 unspecified atom stereocenters. The summed E-state index contributed by atoms with van der Waals surface area (Å²) >= 11 is 0. The first-order valence-corrected chi connectivity index (χ1v) is 18.0. The third-order valence-corrected chi connectivity index (χ3v) is 13.0. The predicted octanol–water partition coefficient (Wildman–Crippen LogP) is 7.43. The third kappa shape index (κ3) is 8.96. The predicted molar refractivity (Wildman–Crippen MR) is 173 cm³/mol. The highest BCUT2D eigenvalue weighted by Gasteiger charge is 2.56. The second-order valence-electron chi connectivity index (χ2n) is 12.8. The number of ether oxygens (including phenoxy) is 4. The summed E-state index contributed by atoms with van der Waals surface area (Å²) in [6.45, 7) is 16.2. The lowest BCUT2D eigenvalue weighted by atomic mass is 9.89. The van der Waals surface area contributed by atoms with Crippen LogP contribution < -0.4 is 0 Å². The number of aliphatic hydroxyl groups is 1. The Labute approximate surface area is 258 Å². The van der Waals surface area contributed by atoms with Crippen LogP contribution in [0, 0.1) is 0 Å². The van der Waals surface area contributed by atoms with E-state index in [9.17, 15) is 5.11 Å². The van der Waals surface area contributed by atoms with Gasteiger partial charge in [0.2, 0.25) is 0 Å². The molecule has 0 aromatic heterocycles. The molecule has 1 N–H and O–H groups in total. The van der Waals surface area contributed by atoms with Crippen molar-refractivity contribution in [2.75, 3.05) is 6.61 Å². The van der Waals surface area contributed by atoms with Gasteiger partial charge in [0, 0.05) is 6.42 Å². The summed E-state index contributed by atoms with van der Waals surface area (Å²) in [6.07, 6.45) is -0.915. The molecular formula is C36H48O6Si. The molecule has 1 aliphatic rings. The summed E-state index contributed by atoms with van der Waals surface area (Å²) in [6, 6.07) is 29.9. The van der Waals surface area contributed by atoms with Crippen molar-refractivity contribution in [2.45, 2.75) is 95.3 Å². The van der Waals surface area contributed by atoms with Gasteiger partial charge in [0.05, 0.1) is 26.4 Å². The van der Waals surface area contributed by atoms with E-state index in [4.69, 9.17) is 23.4 Å². The summed E-state index contributed by atoms with van der Waals surface area (Å²) < 4.78 is 33.1. The topological polar surface area (TPSA) is 66.4 Å². The van der Waals surface area contributed by atoms with Crippen LogP contribution >= 0.6 is 0 Å². The Kier molecular flexibility index (Phi) is 11.5. The van der Waals surface area contributed by atoms with Crippen molar-refractivity contribution in [3.05, 3.63) is 120 Å². The molecule has 1 aliphatic heterocycles. The van der Waals surface area contributed by atoms with Gasteiger partial charge in [-0.25, -0.2) is 0 Å². The molecular weight excluding hydrogens is 556 g/mol. The van der Waals surface area contributed by atoms with Crippen LogP contribution in [0.3, 0.4) is 0 Å². The maximum absolute atomic E-state index is 12.1. The van der Waals surface area contributed by atoms with Gasteiger partial charge in [-0.05, 0) is 34.8 Å². The van der Waals surface area contributed by atoms with E-state index in [0.717, 1.165) is 16.7 Å². The van der Waals surface area contributed by atoms with Gasteiger partial charge in [-0.2, -0.15) is 0 Å². The van der Waals surface area contributed by atoms with Gasteiger partial charge in [-0.3, -0.25) is 0 Å². The second-order valence-corrected chi connectivity index (χ2v) is 17.6. The van der Waals surface area contributed by atoms with Crippen molar-refractivity contribution < 1.29 is 28.5 Å². The highest BCUT2D eigenvalue weighted by atomic mass is 28.4. The summed E-state index contributed by atoms with van der Waals surface area (Å²) in [4.78, 5) is 0. The van der Waals surface area contributed by atoms with Crippen LogP contribution in [0.4, 0.5) is 0 Å². The molecule has 1 saturated heterocycles. The molecule has 0 spiro atoms. The summed E-state index contributed by atoms with van der Waals surface area (Å²) in [5, 5.41) is 12.1. The molecule has 0 aliphatic carbocycles. The molecule has 232 valence electrons. The van der Waals surface area contributed by atoms with Crippen LogP contribution in [0.2, 0.25) is 18.1 Å². The molecule has 43 heavy (non-hydrogen) atoms. The maximum atomic E-state index is 12.1. The first-order chi connectivity index (χ1) is 20.5. The van der Waals surface area contributed by atoms with E-state index in [1.54, 1.807) is 6.08 Å². The van der Waals surface area contributed by atoms with Gasteiger partial charge >= 0.3 is 0 Å². The first-order valence-electron chi connectivity index (χ1n) is 15.1. The van der Waals surface area contributed by atoms with E-state index >= 15 is 0 Å². The monoisotopic (exact) mass is 604 g/mol. The van der Waals surface area contributed by atoms with Gasteiger partial charge < -0.3 is 28.5 Å². The first kappa shape index (κ1) is 33.3. The van der Waals surface area contributed by atoms with Crippen molar-refractivity contribution in [3.8, 4) is 0 Å². The normalized spacial score (nSPS) is 24.5. The van der Waals surface area contributed by atoms with E-state index in [2.05, 4.69) is 40.4 Å². The molecule has 1 fully saturated rings. The molecule has 6 nitrogen and oxygen atoms in total. The Morgan fingerprint density at radius 3 is 1.65 bits per heavy atom. The van der Waals surface area contributed by atoms with Gasteiger partial charge in [-0.1, -0.05) is 118 Å². The quantitative estimate of drug-likeness (QED) is 0.153. The summed E-state index contributed by atoms with van der Waals surface area (Å²) in [5.41, 5.74) is 3.02. The van der Waals surface area contributed by atoms with E-state index in [1.807, 2.05) is 91.0 Å². The molecule has 3 aromatic rings. The lowest BCUT2D eigenvalue weighted by Crippen LogP contribution is -2.67. The van der Waals surface area contributed by atoms with Crippen molar-refractivity contribution in [2.24, 2.45) is 0 Å². The minimum atomic E-state index is -2.15. The summed E-state index contributed by atoms with van der Waals surface area (Å²) in [5.74, 6) is -1.70. The molecule has 0 saturated carbocycles. The van der Waals surface area contributed by atoms with E-state index in [1.165, 1.54) is 0 Å². The number of rotatable bonds is 14. The van der Waals surface area contributed by atoms with Crippen LogP contribution in [-0.2, 0) is 43.2 Å². The van der Waals surface area contributed by atoms with Crippen molar-refractivity contribution in [1.29, 1.82) is 0 Å². The fraction of sp³-hybridized carbons (Fsp3) is 0.444. The lowest BCUT2D eigenvalue weighted by Gasteiger charge is -2.51. The standard InChI is InChI=1S/C36H48O6Si/c1-7-23-36(37)34(40-26-30-21-15-10-16-22-30)33(39-25-29-19-13-9-14-20-29)32(38-24-28-17-11-8-12-18-28)31(42-36)27-41-43(5,6)35(2,3)4/h7-22,31-34,37H,1,23-27H2,2-6H3/t31-,32-,33+,34-,36?/m1/s1. The Balaban J connectivity index is 1.70. The highest BCUT2D eigenvalue weighted by molar-refractivity contribution is 6.74. The van der Waals surface area contributed by atoms with Crippen molar-refractivity contribution >= 4 is 8.32 Å². The Morgan fingerprint density at radius 1 is 0.767 bits per heavy atom. The number of hydrogen-bond donors (Lipinski definition) is 1. The Hall–Kier alpha value is -2.62. The molecule has 0 amide bonds. The van der Waals surface area contributed by atoms with Gasteiger partial charge in [-0.15, -0.1) is 6.58 Å². The zero-order valence-corrected chi connectivity index (χ0v) is 27.3. The van der Waals surface area contributed by atoms with Gasteiger partial charge in [0.15, 0.2) is 14.1 Å². The van der Waals surface area contributed by atoms with Gasteiger partial charge in [0.1, 0.15) is 24.4 Å². The molecule has 0 radical (unpaired) electrons. The molecule has 5 atom stereocenters. The smallest absolute Gasteiger partial charge is 0.198 e. The molecule has 0 bridgehead atoms. The fourth-order valence-corrected chi connectivity index (χ4v) is 5.96. The van der Waals surface area contributed by atoms with Crippen LogP contribution in [0.5, 0.6) is 0 Å². The Bertz CT molecular complexity index is 1250. The van der Waals surface area contributed by atoms with Crippen LogP contribution in [0.15, 0.2) is 104 Å². The fourth-order valence-electron chi connectivity index (χ4n) is 4.95. The Morgan fingerprint density at radius 2 is 1.21 bits per heavy atom. The average Bonchev–Trinajstić information content (AvgIpc) is 2.99. The zero-order chi connectivity index (χ0) is 30.9. The highest BCUT2D eigenvalue weighted by Crippen LogP contribution is 2.40. The van der Waals surface area contributed by atoms with E-state index < -0.39 is 38.5 Å². The van der Waals surface area contributed by atoms with E-state index in [-0.39, 0.29) is 24.7 Å². The minimum absolute atomic E-state index is 0.00399. The van der Waals surface area contributed by atoms with Gasteiger partial charge in [0.25, 0.3) is 0 Å². The number of benzene rings is 3. The van der Waals surface area contributed by atoms with Crippen LogP contribution in [-0.4, -0.2) is 50.2 Å². The van der Waals surface area contributed by atoms with Crippen molar-refractivity contribution in [3.63, 3.8) is 0 Å². The maximum Gasteiger partial charge on any atom is 0.198 e. The molecule has 7 heteroatoms. The second kappa shape index (κ2) is 14.9. The molecule has 1 heterocycles. The molecule has 3 aromatic carbocycles. The van der Waals surface area contributed by atoms with Crippen LogP contribution in [0.25, 0.3) is 0 Å². The van der Waals surface area contributed by atoms with E-state index in [0.29, 0.717) is 13.2 Å². The van der Waals surface area contributed by atoms with Crippen LogP contribution in [0.1, 0.15) is 43.9 Å². The third-order valence-electron chi connectivity index (χ3n) is 8.48. The average molecular weight is 605 g/mol. The van der Waals surface area contributed by atoms with Crippen molar-refractivity contribution in [1.82, 2.24) is 0 Å². The zero-order valence-electron chi connectivity index (χ0n) is 26.3. The lowest BCUT2D eigenvalue weighted by molar-refractivity contribution is -0.367. The largest absolute Gasteiger partial charge is 0.414 e. The SMILES string of the molecule is C=CCC1(O)O[C@H](CO[Si](C)(C)C(C)(C)C)[C@@H](OCc2ccccc2)[C@H](OCc2ccccc2)[C@H]1OCc1ccccc1. The number of hydrogen-bond acceptors (Lipinski definition) is 6.